The number of hydrogen-bond donors (Lipinski definition) is 2. The van der Waals surface area contributed by atoms with Gasteiger partial charge >= 0.3 is 6.09 Å². The van der Waals surface area contributed by atoms with E-state index in [1.54, 1.807) is 17.0 Å². The molecule has 2 N–H and O–H groups in total. The third-order valence-electron chi connectivity index (χ3n) is 6.53. The van der Waals surface area contributed by atoms with Crippen LogP contribution in [0.4, 0.5) is 9.18 Å². The van der Waals surface area contributed by atoms with Crippen LogP contribution in [-0.4, -0.2) is 40.8 Å². The molecule has 0 fully saturated rings. The van der Waals surface area contributed by atoms with Crippen LogP contribution in [0.15, 0.2) is 65.8 Å². The molecule has 0 aliphatic heterocycles. The van der Waals surface area contributed by atoms with Gasteiger partial charge in [-0.05, 0) is 71.6 Å². The van der Waals surface area contributed by atoms with Crippen LogP contribution in [0.25, 0.3) is 22.2 Å². The van der Waals surface area contributed by atoms with Gasteiger partial charge in [0.05, 0.1) is 17.9 Å². The summed E-state index contributed by atoms with van der Waals surface area (Å²) in [7, 11) is 4.98. The minimum atomic E-state index is -0.558. The van der Waals surface area contributed by atoms with E-state index in [0.29, 0.717) is 36.1 Å². The molecule has 202 valence electrons. The number of ether oxygens (including phenoxy) is 1. The number of hydrogen-bond acceptors (Lipinski definition) is 7. The molecule has 2 aromatic carbocycles. The second-order valence-electron chi connectivity index (χ2n) is 9.15. The van der Waals surface area contributed by atoms with Gasteiger partial charge in [-0.2, -0.15) is 0 Å². The summed E-state index contributed by atoms with van der Waals surface area (Å²) in [6.07, 6.45) is 2.94. The average molecular weight is 565 g/mol. The number of pyridine rings is 1. The van der Waals surface area contributed by atoms with E-state index in [0.717, 1.165) is 39.3 Å². The van der Waals surface area contributed by atoms with Crippen LogP contribution < -0.4 is 10.6 Å². The topological polar surface area (TPSA) is 85.2 Å². The maximum absolute atomic E-state index is 14.7. The molecule has 7 nitrogen and oxygen atoms in total. The molecule has 1 aliphatic rings. The molecule has 2 aromatic heterocycles. The SMILES string of the molecule is CNCc1ccc(-c2c3c4c(cc(F)cc4n2CNC(=O)OCCSSc2ccccn2)C(=O)CCC3)cc1. The molecule has 0 bridgehead atoms. The van der Waals surface area contributed by atoms with E-state index in [-0.39, 0.29) is 19.1 Å². The highest BCUT2D eigenvalue weighted by molar-refractivity contribution is 8.76. The fraction of sp³-hybridized carbons (Fsp3) is 0.276. The molecule has 0 atom stereocenters. The molecule has 0 radical (unpaired) electrons. The van der Waals surface area contributed by atoms with E-state index in [1.165, 1.54) is 22.9 Å². The van der Waals surface area contributed by atoms with Crippen LogP contribution in [0.1, 0.15) is 34.3 Å². The van der Waals surface area contributed by atoms with Gasteiger partial charge in [-0.15, -0.1) is 0 Å². The number of benzene rings is 2. The Balaban J connectivity index is 1.37. The summed E-state index contributed by atoms with van der Waals surface area (Å²) in [5.41, 5.74) is 4.97. The number of aromatic nitrogens is 2. The Bertz CT molecular complexity index is 1480. The first-order valence-electron chi connectivity index (χ1n) is 12.8. The highest BCUT2D eigenvalue weighted by atomic mass is 33.1. The summed E-state index contributed by atoms with van der Waals surface area (Å²) in [6.45, 7) is 1.06. The molecule has 1 aliphatic carbocycles. The van der Waals surface area contributed by atoms with Crippen molar-refractivity contribution in [3.05, 3.63) is 83.3 Å². The Labute approximate surface area is 234 Å². The first kappa shape index (κ1) is 27.2. The van der Waals surface area contributed by atoms with Crippen LogP contribution in [0.2, 0.25) is 0 Å². The highest BCUT2D eigenvalue weighted by Crippen LogP contribution is 2.39. The zero-order chi connectivity index (χ0) is 27.2. The molecule has 0 saturated carbocycles. The summed E-state index contributed by atoms with van der Waals surface area (Å²) in [6, 6.07) is 16.7. The van der Waals surface area contributed by atoms with E-state index in [4.69, 9.17) is 4.74 Å². The number of carbonyl (C=O) groups excluding carboxylic acids is 2. The maximum atomic E-state index is 14.7. The lowest BCUT2D eigenvalue weighted by Gasteiger charge is -2.15. The second kappa shape index (κ2) is 12.7. The number of rotatable bonds is 10. The van der Waals surface area contributed by atoms with Gasteiger partial charge in [0.25, 0.3) is 0 Å². The minimum absolute atomic E-state index is 0.0558. The van der Waals surface area contributed by atoms with Crippen molar-refractivity contribution in [2.24, 2.45) is 0 Å². The number of nitrogens with one attached hydrogen (secondary N) is 2. The number of aryl methyl sites for hydroxylation is 1. The van der Waals surface area contributed by atoms with Gasteiger partial charge in [0.15, 0.2) is 5.78 Å². The van der Waals surface area contributed by atoms with Crippen molar-refractivity contribution in [2.75, 3.05) is 19.4 Å². The van der Waals surface area contributed by atoms with Gasteiger partial charge in [0, 0.05) is 35.9 Å². The van der Waals surface area contributed by atoms with Crippen LogP contribution in [0.5, 0.6) is 0 Å². The van der Waals surface area contributed by atoms with Crippen molar-refractivity contribution >= 4 is 44.4 Å². The third kappa shape index (κ3) is 6.29. The van der Waals surface area contributed by atoms with Crippen molar-refractivity contribution in [3.63, 3.8) is 0 Å². The Kier molecular flexibility index (Phi) is 8.85. The molecule has 5 rings (SSSR count). The zero-order valence-electron chi connectivity index (χ0n) is 21.5. The summed E-state index contributed by atoms with van der Waals surface area (Å²) < 4.78 is 22.0. The molecular formula is C29H29FN4O3S2. The summed E-state index contributed by atoms with van der Waals surface area (Å²) in [5, 5.41) is 7.63. The fourth-order valence-corrected chi connectivity index (χ4v) is 6.59. The molecule has 39 heavy (non-hydrogen) atoms. The Hall–Kier alpha value is -3.34. The lowest BCUT2D eigenvalue weighted by atomic mass is 9.99. The van der Waals surface area contributed by atoms with Crippen LogP contribution in [0.3, 0.4) is 0 Å². The Morgan fingerprint density at radius 2 is 2.00 bits per heavy atom. The lowest BCUT2D eigenvalue weighted by Crippen LogP contribution is -2.28. The third-order valence-corrected chi connectivity index (χ3v) is 8.76. The summed E-state index contributed by atoms with van der Waals surface area (Å²) >= 11 is 0. The first-order valence-corrected chi connectivity index (χ1v) is 15.1. The first-order chi connectivity index (χ1) is 19.0. The average Bonchev–Trinajstić information content (AvgIpc) is 3.15. The molecular weight excluding hydrogens is 535 g/mol. The van der Waals surface area contributed by atoms with Crippen LogP contribution in [0, 0.1) is 5.82 Å². The number of Topliss-reactive ketones (excluding diaryl/α,β-unsaturated/α-hetero) is 1. The maximum Gasteiger partial charge on any atom is 0.408 e. The number of carbonyl (C=O) groups is 2. The van der Waals surface area contributed by atoms with E-state index < -0.39 is 11.9 Å². The Morgan fingerprint density at radius 3 is 2.77 bits per heavy atom. The quantitative estimate of drug-likeness (QED) is 0.175. The fourth-order valence-electron chi connectivity index (χ4n) is 4.89. The minimum Gasteiger partial charge on any atom is -0.449 e. The largest absolute Gasteiger partial charge is 0.449 e. The number of ketones is 1. The van der Waals surface area contributed by atoms with E-state index in [9.17, 15) is 14.0 Å². The Morgan fingerprint density at radius 1 is 1.15 bits per heavy atom. The van der Waals surface area contributed by atoms with Gasteiger partial charge in [-0.1, -0.05) is 41.1 Å². The van der Waals surface area contributed by atoms with Crippen molar-refractivity contribution in [1.82, 2.24) is 20.2 Å². The number of alkyl carbamates (subject to hydrolysis) is 1. The van der Waals surface area contributed by atoms with Gasteiger partial charge in [-0.25, -0.2) is 14.2 Å². The molecule has 1 amide bonds. The van der Waals surface area contributed by atoms with E-state index in [2.05, 4.69) is 15.6 Å². The van der Waals surface area contributed by atoms with Gasteiger partial charge in [-0.3, -0.25) is 4.79 Å². The lowest BCUT2D eigenvalue weighted by molar-refractivity contribution is 0.0982. The smallest absolute Gasteiger partial charge is 0.408 e. The van der Waals surface area contributed by atoms with Gasteiger partial charge < -0.3 is 19.9 Å². The van der Waals surface area contributed by atoms with Gasteiger partial charge in [0.1, 0.15) is 17.5 Å². The number of halogens is 1. The molecule has 0 spiro atoms. The normalized spacial score (nSPS) is 12.9. The summed E-state index contributed by atoms with van der Waals surface area (Å²) in [5.74, 6) is 0.0744. The van der Waals surface area contributed by atoms with Crippen LogP contribution >= 0.6 is 21.6 Å². The molecule has 0 saturated heterocycles. The monoisotopic (exact) mass is 564 g/mol. The molecule has 4 aromatic rings. The van der Waals surface area contributed by atoms with Crippen molar-refractivity contribution in [2.45, 2.75) is 37.5 Å². The van der Waals surface area contributed by atoms with Crippen molar-refractivity contribution < 1.29 is 18.7 Å². The second-order valence-corrected chi connectivity index (χ2v) is 11.6. The standard InChI is InChI=1S/C29H29FN4O3S2/c1-31-17-19-8-10-20(11-9-19)28-22-5-4-6-25(35)23-15-21(30)16-24(27(22)23)34(28)18-33-29(36)37-13-14-38-39-26-7-2-3-12-32-26/h2-3,7-12,15-16,31H,4-6,13-14,17-18H2,1H3,(H,33,36). The van der Waals surface area contributed by atoms with Crippen molar-refractivity contribution in [1.29, 1.82) is 0 Å². The van der Waals surface area contributed by atoms with Crippen LogP contribution in [-0.2, 0) is 24.4 Å². The van der Waals surface area contributed by atoms with Crippen molar-refractivity contribution in [3.8, 4) is 11.3 Å². The predicted octanol–water partition coefficient (Wildman–Crippen LogP) is 6.21. The molecule has 0 unspecified atom stereocenters. The molecule has 2 heterocycles. The predicted molar refractivity (Wildman–Crippen MR) is 154 cm³/mol. The number of amides is 1. The van der Waals surface area contributed by atoms with Gasteiger partial charge in [0.2, 0.25) is 0 Å². The highest BCUT2D eigenvalue weighted by Gasteiger charge is 2.27. The summed E-state index contributed by atoms with van der Waals surface area (Å²) in [4.78, 5) is 29.7. The van der Waals surface area contributed by atoms with E-state index >= 15 is 0 Å². The van der Waals surface area contributed by atoms with E-state index in [1.807, 2.05) is 54.1 Å². The number of nitrogens with zero attached hydrogens (tertiary/aromatic N) is 2. The molecule has 10 heteroatoms. The zero-order valence-corrected chi connectivity index (χ0v) is 23.2.